The van der Waals surface area contributed by atoms with Gasteiger partial charge in [-0.25, -0.2) is 4.79 Å². The molecule has 0 fully saturated rings. The fourth-order valence-electron chi connectivity index (χ4n) is 2.13. The Kier molecular flexibility index (Phi) is 6.32. The molecule has 0 saturated heterocycles. The van der Waals surface area contributed by atoms with Crippen LogP contribution < -0.4 is 5.32 Å². The van der Waals surface area contributed by atoms with Crippen molar-refractivity contribution in [3.05, 3.63) is 70.8 Å². The van der Waals surface area contributed by atoms with Gasteiger partial charge in [-0.1, -0.05) is 30.3 Å². The molecule has 2 aromatic rings. The van der Waals surface area contributed by atoms with Crippen LogP contribution in [0.2, 0.25) is 0 Å². The fourth-order valence-corrected chi connectivity index (χ4v) is 2.13. The Bertz CT molecular complexity index is 814. The van der Waals surface area contributed by atoms with Gasteiger partial charge in [0.05, 0.1) is 16.7 Å². The third-order valence-electron chi connectivity index (χ3n) is 3.49. The molecule has 0 aliphatic rings. The lowest BCUT2D eigenvalue weighted by Crippen LogP contribution is -2.28. The number of ether oxygens (including phenoxy) is 1. The highest BCUT2D eigenvalue weighted by atomic mass is 19.4. The van der Waals surface area contributed by atoms with E-state index in [1.807, 2.05) is 0 Å². The summed E-state index contributed by atoms with van der Waals surface area (Å²) in [4.78, 5) is 23.5. The number of amides is 1. The monoisotopic (exact) mass is 405 g/mol. The minimum Gasteiger partial charge on any atom is -0.452 e. The molecule has 0 unspecified atom stereocenters. The molecule has 150 valence electrons. The number of alkyl halides is 6. The van der Waals surface area contributed by atoms with Crippen LogP contribution in [-0.4, -0.2) is 18.5 Å². The number of carbonyl (C=O) groups is 2. The van der Waals surface area contributed by atoms with Crippen LogP contribution >= 0.6 is 0 Å². The quantitative estimate of drug-likeness (QED) is 0.599. The summed E-state index contributed by atoms with van der Waals surface area (Å²) in [7, 11) is 0. The lowest BCUT2D eigenvalue weighted by Gasteiger charge is -2.14. The van der Waals surface area contributed by atoms with E-state index in [1.54, 1.807) is 30.3 Å². The van der Waals surface area contributed by atoms with Crippen LogP contribution in [0.5, 0.6) is 0 Å². The van der Waals surface area contributed by atoms with E-state index in [9.17, 15) is 35.9 Å². The molecule has 0 spiro atoms. The highest BCUT2D eigenvalue weighted by Gasteiger charge is 2.37. The van der Waals surface area contributed by atoms with Crippen molar-refractivity contribution in [3.63, 3.8) is 0 Å². The maximum atomic E-state index is 12.8. The molecule has 1 amide bonds. The van der Waals surface area contributed by atoms with E-state index in [0.29, 0.717) is 0 Å². The smallest absolute Gasteiger partial charge is 0.416 e. The third kappa shape index (κ3) is 6.00. The molecule has 0 aromatic heterocycles. The maximum absolute atomic E-state index is 12.8. The van der Waals surface area contributed by atoms with Gasteiger partial charge in [-0.3, -0.25) is 4.79 Å². The van der Waals surface area contributed by atoms with Crippen molar-refractivity contribution in [2.24, 2.45) is 0 Å². The molecule has 0 aliphatic carbocycles. The molecule has 2 aromatic carbocycles. The first-order valence-corrected chi connectivity index (χ1v) is 7.74. The van der Waals surface area contributed by atoms with Gasteiger partial charge in [0.25, 0.3) is 5.91 Å². The van der Waals surface area contributed by atoms with Crippen molar-refractivity contribution in [1.82, 2.24) is 5.32 Å². The Morgan fingerprint density at radius 3 is 1.89 bits per heavy atom. The summed E-state index contributed by atoms with van der Waals surface area (Å²) in [5.41, 5.74) is -3.52. The summed E-state index contributed by atoms with van der Waals surface area (Å²) in [5, 5.41) is 2.40. The summed E-state index contributed by atoms with van der Waals surface area (Å²) >= 11 is 0. The van der Waals surface area contributed by atoms with Gasteiger partial charge in [-0.05, 0) is 23.8 Å². The Morgan fingerprint density at radius 1 is 0.857 bits per heavy atom. The molecule has 0 aliphatic heterocycles. The molecule has 0 radical (unpaired) electrons. The molecular weight excluding hydrogens is 392 g/mol. The highest BCUT2D eigenvalue weighted by Crippen LogP contribution is 2.36. The van der Waals surface area contributed by atoms with E-state index < -0.39 is 47.5 Å². The van der Waals surface area contributed by atoms with Crippen LogP contribution in [0, 0.1) is 0 Å². The van der Waals surface area contributed by atoms with Crippen LogP contribution in [0.1, 0.15) is 27.0 Å². The Morgan fingerprint density at radius 2 is 1.39 bits per heavy atom. The summed E-state index contributed by atoms with van der Waals surface area (Å²) in [6.45, 7) is -0.748. The lowest BCUT2D eigenvalue weighted by atomic mass is 10.0. The predicted octanol–water partition coefficient (Wildman–Crippen LogP) is 4.20. The first-order valence-electron chi connectivity index (χ1n) is 7.74. The van der Waals surface area contributed by atoms with Crippen LogP contribution in [0.3, 0.4) is 0 Å². The van der Waals surface area contributed by atoms with Crippen molar-refractivity contribution in [2.45, 2.75) is 18.9 Å². The summed E-state index contributed by atoms with van der Waals surface area (Å²) in [6.07, 6.45) is -10.2. The molecule has 0 saturated carbocycles. The summed E-state index contributed by atoms with van der Waals surface area (Å²) in [6, 6.07) is 9.02. The van der Waals surface area contributed by atoms with E-state index in [1.165, 1.54) is 0 Å². The molecule has 0 heterocycles. The van der Waals surface area contributed by atoms with Crippen LogP contribution in [0.15, 0.2) is 48.5 Å². The lowest BCUT2D eigenvalue weighted by molar-refractivity contribution is -0.143. The average molecular weight is 405 g/mol. The number of esters is 1. The van der Waals surface area contributed by atoms with Gasteiger partial charge in [0.1, 0.15) is 0 Å². The van der Waals surface area contributed by atoms with Gasteiger partial charge < -0.3 is 10.1 Å². The Balaban J connectivity index is 2.05. The van der Waals surface area contributed by atoms with Crippen LogP contribution in [-0.2, 0) is 28.4 Å². The minimum absolute atomic E-state index is 0.108. The molecule has 2 rings (SSSR count). The molecule has 0 atom stereocenters. The topological polar surface area (TPSA) is 55.4 Å². The van der Waals surface area contributed by atoms with Crippen molar-refractivity contribution in [3.8, 4) is 0 Å². The number of hydrogen-bond donors (Lipinski definition) is 1. The molecule has 4 nitrogen and oxygen atoms in total. The minimum atomic E-state index is -5.09. The molecule has 1 N–H and O–H groups in total. The fraction of sp³-hybridized carbons (Fsp3) is 0.222. The standard InChI is InChI=1S/C18H13F6NO3/c19-17(20,21)13-6-12(7-14(8-13)18(22,23)24)16(27)28-10-15(26)25-9-11-4-2-1-3-5-11/h1-8H,9-10H2,(H,25,26). The van der Waals surface area contributed by atoms with Crippen molar-refractivity contribution in [2.75, 3.05) is 6.61 Å². The number of rotatable bonds is 5. The van der Waals surface area contributed by atoms with E-state index in [0.717, 1.165) is 5.56 Å². The van der Waals surface area contributed by atoms with Gasteiger partial charge >= 0.3 is 18.3 Å². The Labute approximate surface area is 155 Å². The normalized spacial score (nSPS) is 11.8. The zero-order chi connectivity index (χ0) is 20.9. The highest BCUT2D eigenvalue weighted by molar-refractivity contribution is 5.91. The van der Waals surface area contributed by atoms with E-state index in [4.69, 9.17) is 0 Å². The molecular formula is C18H13F6NO3. The number of halogens is 6. The van der Waals surface area contributed by atoms with Crippen LogP contribution in [0.4, 0.5) is 26.3 Å². The summed E-state index contributed by atoms with van der Waals surface area (Å²) in [5.74, 6) is -2.24. The van der Waals surface area contributed by atoms with E-state index in [2.05, 4.69) is 10.1 Å². The largest absolute Gasteiger partial charge is 0.452 e. The summed E-state index contributed by atoms with van der Waals surface area (Å²) < 4.78 is 81.3. The van der Waals surface area contributed by atoms with Crippen molar-refractivity contribution in [1.29, 1.82) is 0 Å². The number of carbonyl (C=O) groups excluding carboxylic acids is 2. The predicted molar refractivity (Wildman–Crippen MR) is 85.0 cm³/mol. The zero-order valence-corrected chi connectivity index (χ0v) is 14.0. The van der Waals surface area contributed by atoms with Crippen molar-refractivity contribution >= 4 is 11.9 Å². The van der Waals surface area contributed by atoms with Gasteiger partial charge in [-0.15, -0.1) is 0 Å². The second kappa shape index (κ2) is 8.32. The average Bonchev–Trinajstić information content (AvgIpc) is 2.63. The maximum Gasteiger partial charge on any atom is 0.416 e. The second-order valence-corrected chi connectivity index (χ2v) is 5.63. The Hall–Kier alpha value is -3.04. The molecule has 28 heavy (non-hydrogen) atoms. The number of nitrogens with one attached hydrogen (secondary N) is 1. The molecule has 0 bridgehead atoms. The first-order chi connectivity index (χ1) is 13.0. The third-order valence-corrected chi connectivity index (χ3v) is 3.49. The van der Waals surface area contributed by atoms with Crippen LogP contribution in [0.25, 0.3) is 0 Å². The molecule has 10 heteroatoms. The first kappa shape index (κ1) is 21.3. The van der Waals surface area contributed by atoms with Gasteiger partial charge in [0.15, 0.2) is 6.61 Å². The zero-order valence-electron chi connectivity index (χ0n) is 14.0. The van der Waals surface area contributed by atoms with E-state index >= 15 is 0 Å². The second-order valence-electron chi connectivity index (χ2n) is 5.63. The van der Waals surface area contributed by atoms with Crippen molar-refractivity contribution < 1.29 is 40.7 Å². The van der Waals surface area contributed by atoms with Gasteiger partial charge in [0, 0.05) is 6.54 Å². The van der Waals surface area contributed by atoms with Gasteiger partial charge in [-0.2, -0.15) is 26.3 Å². The van der Waals surface area contributed by atoms with E-state index in [-0.39, 0.29) is 24.7 Å². The SMILES string of the molecule is O=C(COC(=O)c1cc(C(F)(F)F)cc(C(F)(F)F)c1)NCc1ccccc1. The number of hydrogen-bond acceptors (Lipinski definition) is 3. The number of benzene rings is 2. The van der Waals surface area contributed by atoms with Gasteiger partial charge in [0.2, 0.25) is 0 Å².